The molecule has 0 amide bonds. The van der Waals surface area contributed by atoms with Crippen LogP contribution in [0.5, 0.6) is 5.88 Å². The van der Waals surface area contributed by atoms with Crippen LogP contribution in [0.1, 0.15) is 33.6 Å². The highest BCUT2D eigenvalue weighted by Gasteiger charge is 2.28. The number of piperidine rings is 1. The van der Waals surface area contributed by atoms with Crippen molar-refractivity contribution in [1.82, 2.24) is 14.5 Å². The Bertz CT molecular complexity index is 1500. The number of rotatable bonds is 4. The maximum Gasteiger partial charge on any atom is 0.256 e. The molecule has 0 atom stereocenters. The van der Waals surface area contributed by atoms with Crippen LogP contribution in [-0.4, -0.2) is 39.2 Å². The molecule has 2 aromatic carbocycles. The average Bonchev–Trinajstić information content (AvgIpc) is 2.85. The van der Waals surface area contributed by atoms with Crippen LogP contribution in [0.2, 0.25) is 10.0 Å². The Labute approximate surface area is 225 Å². The van der Waals surface area contributed by atoms with Gasteiger partial charge in [-0.25, -0.2) is 4.39 Å². The summed E-state index contributed by atoms with van der Waals surface area (Å²) in [6.07, 6.45) is 1.62. The van der Waals surface area contributed by atoms with Gasteiger partial charge in [0.1, 0.15) is 11.9 Å². The van der Waals surface area contributed by atoms with Crippen molar-refractivity contribution in [2.24, 2.45) is 0 Å². The fraction of sp³-hybridized carbons (Fsp3) is 0.310. The first kappa shape index (κ1) is 25.7. The Balaban J connectivity index is 1.67. The molecule has 0 unspecified atom stereocenters. The normalized spacial score (nSPS) is 15.3. The number of pyridine rings is 2. The van der Waals surface area contributed by atoms with E-state index in [-0.39, 0.29) is 23.0 Å². The van der Waals surface area contributed by atoms with Crippen LogP contribution >= 0.6 is 23.2 Å². The Morgan fingerprint density at radius 2 is 1.62 bits per heavy atom. The highest BCUT2D eigenvalue weighted by atomic mass is 35.5. The smallest absolute Gasteiger partial charge is 0.256 e. The van der Waals surface area contributed by atoms with Gasteiger partial charge in [-0.05, 0) is 57.9 Å². The molecule has 0 radical (unpaired) electrons. The van der Waals surface area contributed by atoms with Gasteiger partial charge in [-0.1, -0.05) is 47.5 Å². The predicted octanol–water partition coefficient (Wildman–Crippen LogP) is 7.14. The third kappa shape index (κ3) is 5.11. The molecule has 0 spiro atoms. The molecule has 4 aromatic rings. The minimum absolute atomic E-state index is 0.0511. The van der Waals surface area contributed by atoms with E-state index in [0.717, 1.165) is 25.9 Å². The lowest BCUT2D eigenvalue weighted by Crippen LogP contribution is -2.48. The number of aromatic nitrogens is 2. The molecule has 5 nitrogen and oxygen atoms in total. The summed E-state index contributed by atoms with van der Waals surface area (Å²) in [5.41, 5.74) is 1.31. The molecule has 8 heteroatoms. The zero-order chi connectivity index (χ0) is 26.3. The minimum Gasteiger partial charge on any atom is -0.474 e. The molecule has 1 aliphatic rings. The van der Waals surface area contributed by atoms with Crippen molar-refractivity contribution in [3.8, 4) is 22.7 Å². The molecular weight excluding hydrogens is 512 g/mol. The summed E-state index contributed by atoms with van der Waals surface area (Å²) in [6.45, 7) is 8.43. The molecule has 1 fully saturated rings. The maximum atomic E-state index is 15.0. The Kier molecular flexibility index (Phi) is 7.01. The predicted molar refractivity (Wildman–Crippen MR) is 148 cm³/mol. The van der Waals surface area contributed by atoms with Gasteiger partial charge in [0.2, 0.25) is 5.88 Å². The third-order valence-electron chi connectivity index (χ3n) is 6.84. The second-order valence-corrected chi connectivity index (χ2v) is 11.1. The van der Waals surface area contributed by atoms with Crippen LogP contribution in [0.15, 0.2) is 65.5 Å². The maximum absolute atomic E-state index is 15.0. The van der Waals surface area contributed by atoms with Crippen LogP contribution in [0, 0.1) is 5.82 Å². The third-order valence-corrected chi connectivity index (χ3v) is 7.45. The average molecular weight is 540 g/mol. The minimum atomic E-state index is -0.382. The van der Waals surface area contributed by atoms with Crippen molar-refractivity contribution in [3.05, 3.63) is 86.9 Å². The molecule has 2 aromatic heterocycles. The number of nitrogens with zero attached hydrogens (tertiary/aromatic N) is 3. The van der Waals surface area contributed by atoms with Crippen molar-refractivity contribution in [2.45, 2.75) is 45.3 Å². The molecule has 5 rings (SSSR count). The van der Waals surface area contributed by atoms with Gasteiger partial charge in [-0.15, -0.1) is 0 Å². The zero-order valence-electron chi connectivity index (χ0n) is 21.0. The molecule has 0 N–H and O–H groups in total. The molecule has 0 bridgehead atoms. The number of benzene rings is 2. The summed E-state index contributed by atoms with van der Waals surface area (Å²) in [5.74, 6) is -0.0598. The number of ether oxygens (including phenoxy) is 1. The largest absolute Gasteiger partial charge is 0.474 e. The van der Waals surface area contributed by atoms with E-state index < -0.39 is 0 Å². The summed E-state index contributed by atoms with van der Waals surface area (Å²) < 4.78 is 22.8. The second kappa shape index (κ2) is 10.1. The van der Waals surface area contributed by atoms with E-state index in [4.69, 9.17) is 32.9 Å². The molecule has 37 heavy (non-hydrogen) atoms. The van der Waals surface area contributed by atoms with Crippen molar-refractivity contribution >= 4 is 34.2 Å². The number of fused-ring (bicyclic) bond motifs is 1. The number of halogens is 3. The topological polar surface area (TPSA) is 47.4 Å². The van der Waals surface area contributed by atoms with Crippen molar-refractivity contribution < 1.29 is 9.13 Å². The lowest BCUT2D eigenvalue weighted by Gasteiger charge is -2.40. The SMILES string of the molecule is CC(C)(C)N1CCC(Oc2cc(-c3ccccc3F)c3ccc(=O)n(-c4c(Cl)cccc4Cl)c3n2)CC1. The van der Waals surface area contributed by atoms with Crippen molar-refractivity contribution in [1.29, 1.82) is 0 Å². The highest BCUT2D eigenvalue weighted by Crippen LogP contribution is 2.36. The molecule has 192 valence electrons. The van der Waals surface area contributed by atoms with Crippen LogP contribution in [0.3, 0.4) is 0 Å². The standard InChI is InChI=1S/C29H28Cl2FN3O2/c1-29(2,3)34-15-13-18(14-16-34)37-25-17-21(19-7-4-5-10-24(19)32)20-11-12-26(36)35(28(20)33-25)27-22(30)8-6-9-23(27)31/h4-12,17-18H,13-16H2,1-3H3. The van der Waals surface area contributed by atoms with Crippen LogP contribution < -0.4 is 10.3 Å². The first-order valence-corrected chi connectivity index (χ1v) is 13.1. The zero-order valence-corrected chi connectivity index (χ0v) is 22.5. The molecule has 1 aliphatic heterocycles. The lowest BCUT2D eigenvalue weighted by atomic mass is 9.99. The van der Waals surface area contributed by atoms with E-state index in [1.807, 2.05) is 0 Å². The van der Waals surface area contributed by atoms with E-state index in [0.29, 0.717) is 43.8 Å². The first-order valence-electron chi connectivity index (χ1n) is 12.3. The fourth-order valence-electron chi connectivity index (χ4n) is 4.88. The summed E-state index contributed by atoms with van der Waals surface area (Å²) in [4.78, 5) is 20.4. The summed E-state index contributed by atoms with van der Waals surface area (Å²) in [7, 11) is 0. The number of hydrogen-bond acceptors (Lipinski definition) is 4. The number of hydrogen-bond donors (Lipinski definition) is 0. The molecular formula is C29H28Cl2FN3O2. The quantitative estimate of drug-likeness (QED) is 0.276. The Morgan fingerprint density at radius 3 is 2.27 bits per heavy atom. The summed E-state index contributed by atoms with van der Waals surface area (Å²) in [5, 5.41) is 1.19. The van der Waals surface area contributed by atoms with E-state index in [2.05, 4.69) is 25.7 Å². The van der Waals surface area contributed by atoms with Gasteiger partial charge in [0.15, 0.2) is 5.65 Å². The van der Waals surface area contributed by atoms with Crippen LogP contribution in [0.25, 0.3) is 27.8 Å². The van der Waals surface area contributed by atoms with Gasteiger partial charge in [0.25, 0.3) is 5.56 Å². The van der Waals surface area contributed by atoms with Gasteiger partial charge in [0.05, 0.1) is 15.7 Å². The van der Waals surface area contributed by atoms with E-state index in [1.165, 1.54) is 16.7 Å². The van der Waals surface area contributed by atoms with Gasteiger partial charge >= 0.3 is 0 Å². The molecule has 0 saturated carbocycles. The van der Waals surface area contributed by atoms with Gasteiger partial charge in [0, 0.05) is 47.3 Å². The van der Waals surface area contributed by atoms with Gasteiger partial charge in [-0.3, -0.25) is 14.3 Å². The highest BCUT2D eigenvalue weighted by molar-refractivity contribution is 6.37. The molecule has 0 aliphatic carbocycles. The van der Waals surface area contributed by atoms with Crippen molar-refractivity contribution in [3.63, 3.8) is 0 Å². The van der Waals surface area contributed by atoms with Crippen LogP contribution in [0.4, 0.5) is 4.39 Å². The lowest BCUT2D eigenvalue weighted by molar-refractivity contribution is 0.0474. The second-order valence-electron chi connectivity index (χ2n) is 10.3. The van der Waals surface area contributed by atoms with Crippen LogP contribution in [-0.2, 0) is 0 Å². The van der Waals surface area contributed by atoms with Crippen molar-refractivity contribution in [2.75, 3.05) is 13.1 Å². The van der Waals surface area contributed by atoms with Gasteiger partial charge < -0.3 is 4.74 Å². The molecule has 3 heterocycles. The van der Waals surface area contributed by atoms with Gasteiger partial charge in [-0.2, -0.15) is 4.98 Å². The Hall–Kier alpha value is -2.93. The molecule has 1 saturated heterocycles. The van der Waals surface area contributed by atoms with E-state index in [9.17, 15) is 4.79 Å². The van der Waals surface area contributed by atoms with E-state index >= 15 is 4.39 Å². The summed E-state index contributed by atoms with van der Waals surface area (Å²) >= 11 is 13.0. The van der Waals surface area contributed by atoms with E-state index in [1.54, 1.807) is 48.5 Å². The summed E-state index contributed by atoms with van der Waals surface area (Å²) in [6, 6.07) is 16.4. The fourth-order valence-corrected chi connectivity index (χ4v) is 5.45. The first-order chi connectivity index (χ1) is 17.6. The monoisotopic (exact) mass is 539 g/mol. The number of para-hydroxylation sites is 1. The Morgan fingerprint density at radius 1 is 0.946 bits per heavy atom. The number of likely N-dealkylation sites (tertiary alicyclic amines) is 1.